The third-order valence-electron chi connectivity index (χ3n) is 3.03. The van der Waals surface area contributed by atoms with E-state index in [-0.39, 0.29) is 5.56 Å². The van der Waals surface area contributed by atoms with Gasteiger partial charge in [0.1, 0.15) is 0 Å². The summed E-state index contributed by atoms with van der Waals surface area (Å²) in [6, 6.07) is 5.03. The van der Waals surface area contributed by atoms with E-state index in [0.29, 0.717) is 11.6 Å². The second-order valence-corrected chi connectivity index (χ2v) is 4.86. The molecule has 18 heavy (non-hydrogen) atoms. The van der Waals surface area contributed by atoms with Gasteiger partial charge in [-0.15, -0.1) is 0 Å². The molecular weight excluding hydrogens is 228 g/mol. The second-order valence-electron chi connectivity index (χ2n) is 4.86. The van der Waals surface area contributed by atoms with Crippen molar-refractivity contribution in [1.82, 2.24) is 0 Å². The second kappa shape index (κ2) is 6.28. The van der Waals surface area contributed by atoms with E-state index in [2.05, 4.69) is 13.8 Å². The monoisotopic (exact) mass is 250 g/mol. The van der Waals surface area contributed by atoms with E-state index in [9.17, 15) is 9.90 Å². The average molecular weight is 250 g/mol. The summed E-state index contributed by atoms with van der Waals surface area (Å²) < 4.78 is 0. The Kier molecular flexibility index (Phi) is 5.01. The molecule has 0 fully saturated rings. The largest absolute Gasteiger partial charge is 0.478 e. The maximum Gasteiger partial charge on any atom is 0.337 e. The van der Waals surface area contributed by atoms with Crippen LogP contribution in [0.1, 0.15) is 37.0 Å². The van der Waals surface area contributed by atoms with E-state index in [0.717, 1.165) is 25.1 Å². The van der Waals surface area contributed by atoms with Gasteiger partial charge in [0.25, 0.3) is 0 Å². The molecule has 0 aliphatic carbocycles. The van der Waals surface area contributed by atoms with Crippen molar-refractivity contribution in [2.75, 3.05) is 24.2 Å². The summed E-state index contributed by atoms with van der Waals surface area (Å²) in [7, 11) is 1.92. The number of carboxylic acid groups (broad SMARTS) is 1. The van der Waals surface area contributed by atoms with Crippen LogP contribution in [0.15, 0.2) is 18.2 Å². The number of carboxylic acids is 1. The summed E-state index contributed by atoms with van der Waals surface area (Å²) in [4.78, 5) is 13.2. The number of nitrogen functional groups attached to an aromatic ring is 1. The zero-order valence-corrected chi connectivity index (χ0v) is 11.3. The van der Waals surface area contributed by atoms with E-state index in [1.165, 1.54) is 6.07 Å². The summed E-state index contributed by atoms with van der Waals surface area (Å²) in [5.41, 5.74) is 7.10. The molecule has 0 spiro atoms. The lowest BCUT2D eigenvalue weighted by Gasteiger charge is -2.24. The van der Waals surface area contributed by atoms with Crippen molar-refractivity contribution in [3.63, 3.8) is 0 Å². The lowest BCUT2D eigenvalue weighted by molar-refractivity contribution is 0.0697. The molecule has 4 nitrogen and oxygen atoms in total. The minimum absolute atomic E-state index is 0.265. The highest BCUT2D eigenvalue weighted by atomic mass is 16.4. The smallest absolute Gasteiger partial charge is 0.337 e. The number of nitrogens with two attached hydrogens (primary N) is 1. The number of rotatable bonds is 6. The zero-order valence-electron chi connectivity index (χ0n) is 11.3. The number of hydrogen-bond donors (Lipinski definition) is 2. The SMILES string of the molecule is CCCC(C)CN(C)c1ccc(N)cc1C(=O)O. The molecule has 0 radical (unpaired) electrons. The standard InChI is InChI=1S/C14H22N2O2/c1-4-5-10(2)9-16(3)13-7-6-11(15)8-12(13)14(17)18/h6-8,10H,4-5,9,15H2,1-3H3,(H,17,18). The van der Waals surface area contributed by atoms with Gasteiger partial charge in [-0.25, -0.2) is 4.79 Å². The molecule has 0 saturated carbocycles. The maximum absolute atomic E-state index is 11.2. The molecule has 1 rings (SSSR count). The number of hydrogen-bond acceptors (Lipinski definition) is 3. The molecule has 1 aromatic carbocycles. The van der Waals surface area contributed by atoms with Gasteiger partial charge >= 0.3 is 5.97 Å². The van der Waals surface area contributed by atoms with Gasteiger partial charge < -0.3 is 15.7 Å². The van der Waals surface area contributed by atoms with Crippen molar-refractivity contribution in [3.8, 4) is 0 Å². The lowest BCUT2D eigenvalue weighted by atomic mass is 10.0. The van der Waals surface area contributed by atoms with Gasteiger partial charge in [0.15, 0.2) is 0 Å². The molecule has 4 heteroatoms. The first-order valence-electron chi connectivity index (χ1n) is 6.29. The highest BCUT2D eigenvalue weighted by molar-refractivity contribution is 5.95. The van der Waals surface area contributed by atoms with Gasteiger partial charge in [0.05, 0.1) is 11.3 Å². The Balaban J connectivity index is 2.91. The van der Waals surface area contributed by atoms with E-state index in [1.807, 2.05) is 11.9 Å². The molecular formula is C14H22N2O2. The molecule has 0 aliphatic heterocycles. The molecule has 0 amide bonds. The van der Waals surface area contributed by atoms with Crippen LogP contribution in [0.3, 0.4) is 0 Å². The Labute approximate surface area is 108 Å². The van der Waals surface area contributed by atoms with E-state index >= 15 is 0 Å². The first-order valence-corrected chi connectivity index (χ1v) is 6.29. The van der Waals surface area contributed by atoms with Gasteiger partial charge in [-0.3, -0.25) is 0 Å². The van der Waals surface area contributed by atoms with Gasteiger partial charge in [-0.05, 0) is 30.5 Å². The van der Waals surface area contributed by atoms with Gasteiger partial charge in [-0.1, -0.05) is 20.3 Å². The molecule has 0 aromatic heterocycles. The summed E-state index contributed by atoms with van der Waals surface area (Å²) in [5.74, 6) is -0.397. The summed E-state index contributed by atoms with van der Waals surface area (Å²) in [6.07, 6.45) is 2.28. The molecule has 1 atom stereocenters. The van der Waals surface area contributed by atoms with Crippen LogP contribution in [0, 0.1) is 5.92 Å². The minimum atomic E-state index is -0.938. The van der Waals surface area contributed by atoms with Crippen molar-refractivity contribution in [2.45, 2.75) is 26.7 Å². The van der Waals surface area contributed by atoms with Crippen LogP contribution in [0.25, 0.3) is 0 Å². The Morgan fingerprint density at radius 3 is 2.72 bits per heavy atom. The summed E-state index contributed by atoms with van der Waals surface area (Å²) in [6.45, 7) is 5.18. The fourth-order valence-corrected chi connectivity index (χ4v) is 2.21. The quantitative estimate of drug-likeness (QED) is 0.762. The van der Waals surface area contributed by atoms with Crippen LogP contribution in [0.2, 0.25) is 0 Å². The molecule has 1 aromatic rings. The number of nitrogens with zero attached hydrogens (tertiary/aromatic N) is 1. The van der Waals surface area contributed by atoms with Crippen LogP contribution in [0.4, 0.5) is 11.4 Å². The number of anilines is 2. The van der Waals surface area contributed by atoms with Gasteiger partial charge in [-0.2, -0.15) is 0 Å². The van der Waals surface area contributed by atoms with Gasteiger partial charge in [0.2, 0.25) is 0 Å². The predicted octanol–water partition coefficient (Wildman–Crippen LogP) is 2.84. The van der Waals surface area contributed by atoms with Gasteiger partial charge in [0, 0.05) is 19.3 Å². The molecule has 3 N–H and O–H groups in total. The summed E-state index contributed by atoms with van der Waals surface area (Å²) in [5, 5.41) is 9.19. The lowest BCUT2D eigenvalue weighted by Crippen LogP contribution is -2.25. The van der Waals surface area contributed by atoms with Crippen molar-refractivity contribution in [1.29, 1.82) is 0 Å². The van der Waals surface area contributed by atoms with Crippen molar-refractivity contribution >= 4 is 17.3 Å². The average Bonchev–Trinajstić information content (AvgIpc) is 2.28. The van der Waals surface area contributed by atoms with Crippen LogP contribution >= 0.6 is 0 Å². The molecule has 100 valence electrons. The van der Waals surface area contributed by atoms with Crippen LogP contribution in [-0.2, 0) is 0 Å². The maximum atomic E-state index is 11.2. The molecule has 0 bridgehead atoms. The van der Waals surface area contributed by atoms with E-state index in [1.54, 1.807) is 12.1 Å². The Hall–Kier alpha value is -1.71. The highest BCUT2D eigenvalue weighted by Crippen LogP contribution is 2.23. The summed E-state index contributed by atoms with van der Waals surface area (Å²) >= 11 is 0. The minimum Gasteiger partial charge on any atom is -0.478 e. The topological polar surface area (TPSA) is 66.6 Å². The third kappa shape index (κ3) is 3.65. The van der Waals surface area contributed by atoms with Crippen molar-refractivity contribution < 1.29 is 9.90 Å². The number of carbonyl (C=O) groups is 1. The first-order chi connectivity index (χ1) is 8.45. The van der Waals surface area contributed by atoms with Crippen LogP contribution < -0.4 is 10.6 Å². The van der Waals surface area contributed by atoms with E-state index in [4.69, 9.17) is 5.73 Å². The normalized spacial score (nSPS) is 12.2. The number of aromatic carboxylic acids is 1. The van der Waals surface area contributed by atoms with E-state index < -0.39 is 5.97 Å². The molecule has 0 saturated heterocycles. The molecule has 1 unspecified atom stereocenters. The zero-order chi connectivity index (χ0) is 13.7. The third-order valence-corrected chi connectivity index (χ3v) is 3.03. The molecule has 0 heterocycles. The van der Waals surface area contributed by atoms with Crippen LogP contribution in [0.5, 0.6) is 0 Å². The highest BCUT2D eigenvalue weighted by Gasteiger charge is 2.15. The van der Waals surface area contributed by atoms with Crippen molar-refractivity contribution in [2.24, 2.45) is 5.92 Å². The Morgan fingerprint density at radius 1 is 1.50 bits per heavy atom. The Bertz CT molecular complexity index is 418. The van der Waals surface area contributed by atoms with Crippen LogP contribution in [-0.4, -0.2) is 24.7 Å². The number of benzene rings is 1. The molecule has 0 aliphatic rings. The Morgan fingerprint density at radius 2 is 2.17 bits per heavy atom. The fraction of sp³-hybridized carbons (Fsp3) is 0.500. The van der Waals surface area contributed by atoms with Crippen molar-refractivity contribution in [3.05, 3.63) is 23.8 Å². The fourth-order valence-electron chi connectivity index (χ4n) is 2.21. The first kappa shape index (κ1) is 14.4. The predicted molar refractivity (Wildman–Crippen MR) is 75.2 cm³/mol.